The van der Waals surface area contributed by atoms with Crippen LogP contribution in [0.3, 0.4) is 0 Å². The quantitative estimate of drug-likeness (QED) is 0.103. The van der Waals surface area contributed by atoms with Gasteiger partial charge in [-0.15, -0.1) is 0 Å². The Morgan fingerprint density at radius 1 is 0.896 bits per heavy atom. The van der Waals surface area contributed by atoms with E-state index in [1.165, 1.54) is 6.21 Å². The molecule has 0 aromatic carbocycles. The van der Waals surface area contributed by atoms with Crippen molar-refractivity contribution < 1.29 is 56.7 Å². The van der Waals surface area contributed by atoms with Gasteiger partial charge in [0, 0.05) is 6.21 Å². The molecule has 4 aromatic rings. The molecule has 0 aliphatic carbocycles. The highest BCUT2D eigenvalue weighted by Crippen LogP contribution is 2.50. The minimum atomic E-state index is -5.37. The van der Waals surface area contributed by atoms with E-state index < -0.39 is 89.1 Å². The van der Waals surface area contributed by atoms with Gasteiger partial charge in [0.15, 0.2) is 34.8 Å². The molecule has 4 aromatic heterocycles. The maximum Gasteiger partial charge on any atom is 0.280 e. The summed E-state index contributed by atoms with van der Waals surface area (Å²) >= 11 is 0. The number of aliphatic hydroxyl groups is 2. The van der Waals surface area contributed by atoms with Gasteiger partial charge in [0.2, 0.25) is 11.9 Å². The molecular formula is C22H24N10O14P2-2. The van der Waals surface area contributed by atoms with E-state index in [1.54, 1.807) is 6.92 Å². The fraction of sp³-hybridized carbons (Fsp3) is 0.500. The Labute approximate surface area is 265 Å². The van der Waals surface area contributed by atoms with Crippen molar-refractivity contribution in [2.24, 2.45) is 4.99 Å². The first-order chi connectivity index (χ1) is 22.7. The number of hydrogen-bond donors (Lipinski definition) is 5. The second-order valence-corrected chi connectivity index (χ2v) is 13.3. The van der Waals surface area contributed by atoms with E-state index in [1.807, 2.05) is 0 Å². The summed E-state index contributed by atoms with van der Waals surface area (Å²) in [5.74, 6) is -0.404. The number of rotatable bonds is 3. The number of nitrogens with zero attached hydrogens (tertiary/aromatic N) is 7. The van der Waals surface area contributed by atoms with Crippen LogP contribution < -0.4 is 26.6 Å². The highest BCUT2D eigenvalue weighted by atomic mass is 31.2. The van der Waals surface area contributed by atoms with E-state index in [2.05, 4.69) is 34.9 Å². The van der Waals surface area contributed by atoms with Crippen LogP contribution in [-0.2, 0) is 36.7 Å². The van der Waals surface area contributed by atoms with E-state index in [-0.39, 0.29) is 34.2 Å². The number of phosphoric acid groups is 2. The molecular weight excluding hydrogens is 690 g/mol. The van der Waals surface area contributed by atoms with Gasteiger partial charge in [0.25, 0.3) is 26.8 Å². The summed E-state index contributed by atoms with van der Waals surface area (Å²) in [6.45, 7) is -0.339. The Hall–Kier alpha value is -3.77. The maximum atomic E-state index is 13.0. The zero-order valence-corrected chi connectivity index (χ0v) is 25.9. The molecule has 0 amide bonds. The van der Waals surface area contributed by atoms with Crippen molar-refractivity contribution in [1.82, 2.24) is 39.0 Å². The first-order valence-corrected chi connectivity index (χ1v) is 16.8. The number of aromatic amines is 2. The van der Waals surface area contributed by atoms with Gasteiger partial charge in [0.05, 0.1) is 25.9 Å². The zero-order chi connectivity index (χ0) is 34.1. The van der Waals surface area contributed by atoms with Crippen LogP contribution in [0.2, 0.25) is 0 Å². The first-order valence-electron chi connectivity index (χ1n) is 13.9. The third-order valence-corrected chi connectivity index (χ3v) is 9.52. The number of aliphatic hydroxyl groups excluding tert-OH is 2. The number of fused-ring (bicyclic) bond motifs is 4. The second kappa shape index (κ2) is 12.0. The summed E-state index contributed by atoms with van der Waals surface area (Å²) in [5.41, 5.74) is 3.62. The van der Waals surface area contributed by atoms with Gasteiger partial charge in [-0.3, -0.25) is 37.8 Å². The number of aromatic nitrogens is 8. The van der Waals surface area contributed by atoms with Gasteiger partial charge in [-0.25, -0.2) is 15.0 Å². The number of aliphatic imine (C=N–C) groups is 1. The summed E-state index contributed by atoms with van der Waals surface area (Å²) in [6, 6.07) is 0. The molecule has 0 bridgehead atoms. The zero-order valence-electron chi connectivity index (χ0n) is 24.2. The molecule has 26 heteroatoms. The Morgan fingerprint density at radius 2 is 1.38 bits per heavy atom. The van der Waals surface area contributed by atoms with Crippen LogP contribution in [-0.4, -0.2) is 105 Å². The monoisotopic (exact) mass is 714 g/mol. The van der Waals surface area contributed by atoms with Gasteiger partial charge in [-0.05, 0) is 6.92 Å². The number of hydrogen-bond acceptors (Lipinski definition) is 20. The highest BCUT2D eigenvalue weighted by Gasteiger charge is 2.51. The molecule has 48 heavy (non-hydrogen) atoms. The second-order valence-electron chi connectivity index (χ2n) is 10.6. The number of nitrogens with two attached hydrogens (primary N) is 1. The predicted octanol–water partition coefficient (Wildman–Crippen LogP) is -3.17. The molecule has 24 nitrogen and oxygen atoms in total. The summed E-state index contributed by atoms with van der Waals surface area (Å²) in [6.07, 6.45) is -10.1. The molecule has 258 valence electrons. The topological polar surface area (TPSA) is 342 Å². The third kappa shape index (κ3) is 5.80. The van der Waals surface area contributed by atoms with Crippen molar-refractivity contribution in [3.63, 3.8) is 0 Å². The number of nitrogens with one attached hydrogen (secondary N) is 2. The molecule has 10 atom stereocenters. The molecule has 6 N–H and O–H groups in total. The minimum Gasteiger partial charge on any atom is -0.756 e. The molecule has 3 aliphatic heterocycles. The average Bonchev–Trinajstić information content (AvgIpc) is 3.76. The van der Waals surface area contributed by atoms with Gasteiger partial charge in [-0.2, -0.15) is 9.97 Å². The van der Waals surface area contributed by atoms with Gasteiger partial charge < -0.3 is 53.3 Å². The van der Waals surface area contributed by atoms with Crippen molar-refractivity contribution in [3.05, 3.63) is 33.4 Å². The number of phosphoric ester groups is 2. The van der Waals surface area contributed by atoms with E-state index in [0.717, 1.165) is 21.8 Å². The lowest BCUT2D eigenvalue weighted by Gasteiger charge is -2.34. The normalized spacial score (nSPS) is 36.3. The van der Waals surface area contributed by atoms with Crippen LogP contribution in [0.5, 0.6) is 0 Å². The van der Waals surface area contributed by atoms with Crippen molar-refractivity contribution in [1.29, 1.82) is 0 Å². The third-order valence-electron chi connectivity index (χ3n) is 7.58. The van der Waals surface area contributed by atoms with Crippen LogP contribution in [0.4, 0.5) is 11.9 Å². The number of anilines is 1. The Balaban J connectivity index is 1.17. The van der Waals surface area contributed by atoms with Gasteiger partial charge in [0.1, 0.15) is 36.6 Å². The lowest BCUT2D eigenvalue weighted by Crippen LogP contribution is -2.41. The van der Waals surface area contributed by atoms with Crippen molar-refractivity contribution in [3.8, 4) is 0 Å². The van der Waals surface area contributed by atoms with E-state index in [0.29, 0.717) is 0 Å². The molecule has 0 saturated carbocycles. The fourth-order valence-electron chi connectivity index (χ4n) is 5.53. The molecule has 3 saturated heterocycles. The molecule has 4 unspecified atom stereocenters. The molecule has 7 rings (SSSR count). The molecule has 3 aliphatic rings. The van der Waals surface area contributed by atoms with Crippen LogP contribution in [0.15, 0.2) is 27.2 Å². The van der Waals surface area contributed by atoms with E-state index >= 15 is 0 Å². The first kappa shape index (κ1) is 32.8. The predicted molar refractivity (Wildman–Crippen MR) is 151 cm³/mol. The standard InChI is InChI=1S/C22H26N10O14P2/c1-2-24-22-28-16-10(18(36)30-22)26-6-32(16)20-12(34)14-8(44-20)4-42-47(37,38)45-13-7(3-41-48(39,40)46-14)43-19(11(13)33)31-5-25-9-15(31)27-21(23)29-17(9)35/h2,5-8,11-14,19-20,33-34H,3-4H2,1H3,(H,37,38)(H,39,40)(H,28,30,36)(H3,23,27,29,35)/p-2/t7-,8-,11+,12+,13?,14?,19-,20-/m1/s1. The lowest BCUT2D eigenvalue weighted by molar-refractivity contribution is -0.244. The van der Waals surface area contributed by atoms with Gasteiger partial charge >= 0.3 is 0 Å². The molecule has 0 spiro atoms. The summed E-state index contributed by atoms with van der Waals surface area (Å²) in [5, 5.41) is 22.3. The van der Waals surface area contributed by atoms with Crippen LogP contribution in [0, 0.1) is 0 Å². The molecule has 0 radical (unpaired) electrons. The van der Waals surface area contributed by atoms with E-state index in [9.17, 15) is 38.7 Å². The number of H-pyrrole nitrogens is 2. The van der Waals surface area contributed by atoms with Crippen molar-refractivity contribution in [2.45, 2.75) is 56.0 Å². The Kier molecular flexibility index (Phi) is 8.17. The lowest BCUT2D eigenvalue weighted by atomic mass is 10.1. The van der Waals surface area contributed by atoms with Crippen LogP contribution in [0.25, 0.3) is 22.3 Å². The largest absolute Gasteiger partial charge is 0.756 e. The molecule has 7 heterocycles. The van der Waals surface area contributed by atoms with Crippen LogP contribution >= 0.6 is 15.6 Å². The number of ether oxygens (including phenoxy) is 2. The average molecular weight is 714 g/mol. The summed E-state index contributed by atoms with van der Waals surface area (Å²) in [4.78, 5) is 75.3. The van der Waals surface area contributed by atoms with Gasteiger partial charge in [-0.1, -0.05) is 0 Å². The summed E-state index contributed by atoms with van der Waals surface area (Å²) < 4.78 is 60.0. The number of nitrogen functional groups attached to an aromatic ring is 1. The Morgan fingerprint density at radius 3 is 1.88 bits per heavy atom. The SMILES string of the molecule is CC=Nc1nc2c(ncn2[C@@H]2O[C@@H]3COP(=O)([O-])OC4[C@@H](COP(=O)([O-])OC3[C@@H]2O)O[C@@H](n2cnc3c(=O)[nH]c(N)nc32)[C@H]4O)c(=O)[nH]1. The minimum absolute atomic E-state index is 0.107. The van der Waals surface area contributed by atoms with E-state index in [4.69, 9.17) is 33.3 Å². The highest BCUT2D eigenvalue weighted by molar-refractivity contribution is 7.46. The van der Waals surface area contributed by atoms with Crippen molar-refractivity contribution in [2.75, 3.05) is 18.9 Å². The van der Waals surface area contributed by atoms with Crippen molar-refractivity contribution >= 4 is 56.1 Å². The smallest absolute Gasteiger partial charge is 0.280 e. The fourth-order valence-corrected chi connectivity index (χ4v) is 7.43. The summed E-state index contributed by atoms with van der Waals surface area (Å²) in [7, 11) is -10.7. The van der Waals surface area contributed by atoms with Crippen LogP contribution in [0.1, 0.15) is 19.4 Å². The Bertz CT molecular complexity index is 2130. The maximum absolute atomic E-state index is 13.0. The molecule has 3 fully saturated rings. The number of imidazole rings is 2.